The van der Waals surface area contributed by atoms with Crippen LogP contribution in [0.4, 0.5) is 23.3 Å². The largest absolute Gasteiger partial charge is 0.381 e. The lowest BCUT2D eigenvalue weighted by molar-refractivity contribution is -0.172. The van der Waals surface area contributed by atoms with E-state index in [1.807, 2.05) is 23.3 Å². The van der Waals surface area contributed by atoms with Gasteiger partial charge in [-0.3, -0.25) is 34.2 Å². The Balaban J connectivity index is 0.749. The van der Waals surface area contributed by atoms with Crippen molar-refractivity contribution >= 4 is 57.9 Å². The quantitative estimate of drug-likeness (QED) is 0.123. The second-order valence-electron chi connectivity index (χ2n) is 15.4. The molecule has 1 aromatic carbocycles. The summed E-state index contributed by atoms with van der Waals surface area (Å²) < 4.78 is 19.4. The molecular weight excluding hydrogens is 775 g/mol. The lowest BCUT2D eigenvalue weighted by Crippen LogP contribution is -2.54. The van der Waals surface area contributed by atoms with Crippen molar-refractivity contribution in [3.63, 3.8) is 0 Å². The highest BCUT2D eigenvalue weighted by molar-refractivity contribution is 6.23. The van der Waals surface area contributed by atoms with Gasteiger partial charge in [0.25, 0.3) is 11.8 Å². The number of fused-ring (bicyclic) bond motifs is 2. The number of nitrogens with zero attached hydrogens (tertiary/aromatic N) is 9. The molecule has 4 aromatic rings. The number of rotatable bonds is 16. The predicted octanol–water partition coefficient (Wildman–Crippen LogP) is 2.85. The van der Waals surface area contributed by atoms with Crippen LogP contribution in [0.2, 0.25) is 0 Å². The van der Waals surface area contributed by atoms with Crippen molar-refractivity contribution in [2.24, 2.45) is 0 Å². The summed E-state index contributed by atoms with van der Waals surface area (Å²) in [7, 11) is 1.76. The van der Waals surface area contributed by atoms with Crippen LogP contribution in [0.5, 0.6) is 0 Å². The van der Waals surface area contributed by atoms with E-state index in [4.69, 9.17) is 29.0 Å². The van der Waals surface area contributed by atoms with Crippen molar-refractivity contribution in [1.29, 1.82) is 0 Å². The van der Waals surface area contributed by atoms with Crippen molar-refractivity contribution in [2.45, 2.75) is 64.3 Å². The number of benzene rings is 1. The summed E-state index contributed by atoms with van der Waals surface area (Å²) in [5.74, 6) is 0.766. The van der Waals surface area contributed by atoms with Crippen LogP contribution in [-0.2, 0) is 35.2 Å². The van der Waals surface area contributed by atoms with Crippen LogP contribution < -0.4 is 20.4 Å². The van der Waals surface area contributed by atoms with Gasteiger partial charge in [-0.2, -0.15) is 10.0 Å². The number of hydroxylamine groups is 2. The molecule has 3 fully saturated rings. The van der Waals surface area contributed by atoms with Crippen LogP contribution in [0, 0.1) is 0 Å². The highest BCUT2D eigenvalue weighted by Gasteiger charge is 2.45. The minimum absolute atomic E-state index is 0.0789. The molecule has 8 rings (SSSR count). The zero-order valence-electron chi connectivity index (χ0n) is 34.2. The van der Waals surface area contributed by atoms with Crippen molar-refractivity contribution in [3.8, 4) is 0 Å². The van der Waals surface area contributed by atoms with Crippen LogP contribution in [-0.4, -0.2) is 143 Å². The number of methoxy groups -OCH3 is 1. The summed E-state index contributed by atoms with van der Waals surface area (Å²) in [4.78, 5) is 80.2. The van der Waals surface area contributed by atoms with Gasteiger partial charge in [-0.1, -0.05) is 0 Å². The second-order valence-corrected chi connectivity index (χ2v) is 15.4. The Morgan fingerprint density at radius 2 is 1.58 bits per heavy atom. The molecule has 19 heteroatoms. The number of ether oxygens (including phenoxy) is 3. The Morgan fingerprint density at radius 3 is 2.35 bits per heavy atom. The van der Waals surface area contributed by atoms with E-state index >= 15 is 0 Å². The summed E-state index contributed by atoms with van der Waals surface area (Å²) in [6, 6.07) is 8.14. The Labute approximate surface area is 347 Å². The van der Waals surface area contributed by atoms with Gasteiger partial charge in [0, 0.05) is 76.8 Å². The smallest absolute Gasteiger partial charge is 0.262 e. The van der Waals surface area contributed by atoms with Crippen LogP contribution in [0.1, 0.15) is 72.1 Å². The molecule has 1 unspecified atom stereocenters. The number of imide groups is 2. The number of carbonyl (C=O) groups excluding carboxylic acids is 4. The monoisotopic (exact) mass is 825 g/mol. The number of hydrogen-bond acceptors (Lipinski definition) is 16. The number of anilines is 4. The summed E-state index contributed by atoms with van der Waals surface area (Å²) in [6.45, 7) is 10.4. The first-order valence-corrected chi connectivity index (χ1v) is 20.6. The van der Waals surface area contributed by atoms with Gasteiger partial charge in [-0.15, -0.1) is 0 Å². The van der Waals surface area contributed by atoms with Crippen molar-refractivity contribution < 1.29 is 38.2 Å². The third-order valence-electron chi connectivity index (χ3n) is 11.3. The topological polar surface area (TPSA) is 199 Å². The number of piperidine rings is 2. The molecule has 0 radical (unpaired) electrons. The lowest BCUT2D eigenvalue weighted by atomic mass is 10.0. The number of aromatic nitrogens is 5. The van der Waals surface area contributed by atoms with E-state index in [1.54, 1.807) is 31.6 Å². The number of carbonyl (C=O) groups is 4. The normalized spacial score (nSPS) is 19.2. The molecule has 4 aliphatic rings. The van der Waals surface area contributed by atoms with Gasteiger partial charge in [0.05, 0.1) is 55.4 Å². The molecule has 0 bridgehead atoms. The van der Waals surface area contributed by atoms with Crippen molar-refractivity contribution in [2.75, 3.05) is 87.9 Å². The third-order valence-corrected chi connectivity index (χ3v) is 11.3. The van der Waals surface area contributed by atoms with Gasteiger partial charge >= 0.3 is 0 Å². The molecular formula is C41H51N11O8. The minimum atomic E-state index is -0.990. The van der Waals surface area contributed by atoms with Crippen LogP contribution in [0.15, 0.2) is 42.7 Å². The summed E-state index contributed by atoms with van der Waals surface area (Å²) >= 11 is 0. The zero-order valence-corrected chi connectivity index (χ0v) is 34.2. The molecule has 3 aromatic heterocycles. The standard InChI is InChI=1S/C41H51N11O8/c1-26(2)51-33-23-35(45-34-8-11-42-41(46-34)49-12-9-28(57-3)10-13-49)43-24-31(33)44-36(51)25-59-19-18-58-20-21-60-50-16-14-48(15-17-50)27-4-5-29-30(22-27)40(56)52(39(29)55)32-6-7-37(53)47-38(32)54/h4-5,8,11,22-24,26,28,32H,6-7,9-10,12-21,25H2,1-3H3,(H,47,53,54)(H,42,43,45,46). The summed E-state index contributed by atoms with van der Waals surface area (Å²) in [6.07, 6.45) is 5.90. The van der Waals surface area contributed by atoms with E-state index < -0.39 is 29.7 Å². The fraction of sp³-hybridized carbons (Fsp3) is 0.512. The number of amides is 4. The Kier molecular flexibility index (Phi) is 12.6. The lowest BCUT2D eigenvalue weighted by Gasteiger charge is -2.35. The summed E-state index contributed by atoms with van der Waals surface area (Å²) in [5.41, 5.74) is 3.07. The predicted molar refractivity (Wildman–Crippen MR) is 219 cm³/mol. The van der Waals surface area contributed by atoms with E-state index in [0.29, 0.717) is 76.8 Å². The SMILES string of the molecule is COC1CCN(c2nccc(Nc3cc4c(cn3)nc(COCCOCCON3CCN(c5ccc6c(c5)C(=O)N(C5CCC(=O)NC5=O)C6=O)CC3)n4C(C)C)n2)CC1. The maximum atomic E-state index is 13.3. The van der Waals surface area contributed by atoms with Gasteiger partial charge in [0.15, 0.2) is 0 Å². The molecule has 318 valence electrons. The first-order chi connectivity index (χ1) is 29.2. The average Bonchev–Trinajstić information content (AvgIpc) is 3.74. The van der Waals surface area contributed by atoms with Crippen LogP contribution >= 0.6 is 0 Å². The van der Waals surface area contributed by atoms with Gasteiger partial charge < -0.3 is 33.9 Å². The molecule has 7 heterocycles. The minimum Gasteiger partial charge on any atom is -0.381 e. The number of piperazine rings is 1. The molecule has 0 saturated carbocycles. The molecule has 1 atom stereocenters. The first-order valence-electron chi connectivity index (χ1n) is 20.6. The van der Waals surface area contributed by atoms with Crippen molar-refractivity contribution in [1.82, 2.24) is 39.8 Å². The molecule has 0 spiro atoms. The first kappa shape index (κ1) is 41.1. The van der Waals surface area contributed by atoms with Gasteiger partial charge in [-0.25, -0.2) is 15.0 Å². The average molecular weight is 826 g/mol. The van der Waals surface area contributed by atoms with E-state index in [-0.39, 0.29) is 36.1 Å². The fourth-order valence-electron chi connectivity index (χ4n) is 8.13. The Bertz CT molecular complexity index is 2220. The third kappa shape index (κ3) is 8.95. The molecule has 4 aliphatic heterocycles. The summed E-state index contributed by atoms with van der Waals surface area (Å²) in [5, 5.41) is 7.47. The fourth-order valence-corrected chi connectivity index (χ4v) is 8.13. The number of imidazole rings is 1. The van der Waals surface area contributed by atoms with Gasteiger partial charge in [0.2, 0.25) is 17.8 Å². The van der Waals surface area contributed by atoms with Gasteiger partial charge in [0.1, 0.15) is 35.6 Å². The molecule has 19 nitrogen and oxygen atoms in total. The number of hydrogen-bond donors (Lipinski definition) is 2. The molecule has 0 aliphatic carbocycles. The maximum Gasteiger partial charge on any atom is 0.262 e. The van der Waals surface area contributed by atoms with Crippen LogP contribution in [0.25, 0.3) is 11.0 Å². The Hall–Kier alpha value is -5.60. The second kappa shape index (κ2) is 18.3. The highest BCUT2D eigenvalue weighted by atomic mass is 16.7. The molecule has 2 N–H and O–H groups in total. The maximum absolute atomic E-state index is 13.3. The Morgan fingerprint density at radius 1 is 0.817 bits per heavy atom. The van der Waals surface area contributed by atoms with E-state index in [0.717, 1.165) is 53.4 Å². The van der Waals surface area contributed by atoms with Crippen molar-refractivity contribution in [3.05, 3.63) is 59.7 Å². The molecule has 3 saturated heterocycles. The van der Waals surface area contributed by atoms with E-state index in [9.17, 15) is 19.2 Å². The molecule has 60 heavy (non-hydrogen) atoms. The number of pyridine rings is 1. The van der Waals surface area contributed by atoms with Crippen LogP contribution in [0.3, 0.4) is 0 Å². The van der Waals surface area contributed by atoms with E-state index in [2.05, 4.69) is 48.8 Å². The highest BCUT2D eigenvalue weighted by Crippen LogP contribution is 2.31. The van der Waals surface area contributed by atoms with Gasteiger partial charge in [-0.05, 0) is 57.4 Å². The molecule has 4 amide bonds. The zero-order chi connectivity index (χ0) is 41.8. The number of nitrogens with one attached hydrogen (secondary N) is 2. The van der Waals surface area contributed by atoms with E-state index in [1.165, 1.54) is 0 Å².